The Balaban J connectivity index is 1.59. The van der Waals surface area contributed by atoms with E-state index in [0.29, 0.717) is 12.2 Å². The Morgan fingerprint density at radius 1 is 0.935 bits per heavy atom. The summed E-state index contributed by atoms with van der Waals surface area (Å²) < 4.78 is 8.73. The zero-order valence-electron chi connectivity index (χ0n) is 16.8. The zero-order valence-corrected chi connectivity index (χ0v) is 16.8. The largest absolute Gasteiger partial charge is 0.491 e. The Morgan fingerprint density at radius 3 is 2.58 bits per heavy atom. The molecule has 0 aliphatic rings. The normalized spacial score (nSPS) is 11.0. The second-order valence-electron chi connectivity index (χ2n) is 7.03. The van der Waals surface area contributed by atoms with Crippen LogP contribution in [0.2, 0.25) is 0 Å². The topological polar surface area (TPSA) is 74.8 Å². The number of aromatic nitrogens is 5. The standard InChI is InChI=1S/C24H19N5O2/c1-31-22-16-28(15-18-12-11-17-7-5-6-10-20(17)26-18)27-23(24(22)30)21-13-14-25-29(21)19-8-3-2-4-9-19/h2-14,16H,15H2,1H3. The first-order valence-corrected chi connectivity index (χ1v) is 9.83. The third-order valence-corrected chi connectivity index (χ3v) is 5.02. The Morgan fingerprint density at radius 2 is 1.74 bits per heavy atom. The van der Waals surface area contributed by atoms with Gasteiger partial charge in [-0.2, -0.15) is 10.2 Å². The molecule has 7 heteroatoms. The highest BCUT2D eigenvalue weighted by Gasteiger charge is 2.17. The van der Waals surface area contributed by atoms with Gasteiger partial charge in [0.2, 0.25) is 0 Å². The SMILES string of the molecule is COc1cn(Cc2ccc3ccccc3n2)nc(-c2ccnn2-c2ccccc2)c1=O. The lowest BCUT2D eigenvalue weighted by molar-refractivity contribution is 0.402. The van der Waals surface area contributed by atoms with E-state index in [9.17, 15) is 4.79 Å². The average Bonchev–Trinajstić information content (AvgIpc) is 3.30. The van der Waals surface area contributed by atoms with Gasteiger partial charge in [0.25, 0.3) is 5.43 Å². The van der Waals surface area contributed by atoms with Gasteiger partial charge in [-0.3, -0.25) is 14.5 Å². The molecule has 2 aromatic carbocycles. The number of ether oxygens (including phenoxy) is 1. The van der Waals surface area contributed by atoms with Crippen LogP contribution in [-0.4, -0.2) is 31.7 Å². The molecule has 31 heavy (non-hydrogen) atoms. The Bertz CT molecular complexity index is 1420. The first kappa shape index (κ1) is 18.7. The molecule has 0 aliphatic carbocycles. The highest BCUT2D eigenvalue weighted by Crippen LogP contribution is 2.20. The summed E-state index contributed by atoms with van der Waals surface area (Å²) in [5, 5.41) is 10.1. The number of methoxy groups -OCH3 is 1. The summed E-state index contributed by atoms with van der Waals surface area (Å²) in [6.45, 7) is 0.397. The quantitative estimate of drug-likeness (QED) is 0.442. The van der Waals surface area contributed by atoms with Crippen molar-refractivity contribution in [2.75, 3.05) is 7.11 Å². The van der Waals surface area contributed by atoms with Gasteiger partial charge in [-0.05, 0) is 30.3 Å². The van der Waals surface area contributed by atoms with E-state index in [-0.39, 0.29) is 16.9 Å². The van der Waals surface area contributed by atoms with Crippen LogP contribution in [0.3, 0.4) is 0 Å². The lowest BCUT2D eigenvalue weighted by Crippen LogP contribution is -2.19. The van der Waals surface area contributed by atoms with Crippen LogP contribution in [0.1, 0.15) is 5.69 Å². The van der Waals surface area contributed by atoms with Crippen LogP contribution in [-0.2, 0) is 6.54 Å². The van der Waals surface area contributed by atoms with Crippen LogP contribution >= 0.6 is 0 Å². The van der Waals surface area contributed by atoms with E-state index in [1.54, 1.807) is 27.8 Å². The summed E-state index contributed by atoms with van der Waals surface area (Å²) in [4.78, 5) is 17.7. The monoisotopic (exact) mass is 409 g/mol. The Labute approximate surface area is 178 Å². The van der Waals surface area contributed by atoms with E-state index in [1.807, 2.05) is 66.7 Å². The third kappa shape index (κ3) is 3.57. The molecule has 0 aliphatic heterocycles. The van der Waals surface area contributed by atoms with Gasteiger partial charge in [0, 0.05) is 5.39 Å². The minimum atomic E-state index is -0.289. The molecule has 0 bridgehead atoms. The van der Waals surface area contributed by atoms with Crippen LogP contribution in [0.15, 0.2) is 90.0 Å². The molecule has 0 atom stereocenters. The number of hydrogen-bond acceptors (Lipinski definition) is 5. The highest BCUT2D eigenvalue weighted by molar-refractivity contribution is 5.78. The molecular formula is C24H19N5O2. The van der Waals surface area contributed by atoms with Crippen molar-refractivity contribution < 1.29 is 4.74 Å². The predicted molar refractivity (Wildman–Crippen MR) is 118 cm³/mol. The molecule has 5 rings (SSSR count). The first-order chi connectivity index (χ1) is 15.2. The van der Waals surface area contributed by atoms with E-state index in [2.05, 4.69) is 10.2 Å². The maximum Gasteiger partial charge on any atom is 0.251 e. The van der Waals surface area contributed by atoms with Crippen LogP contribution in [0.4, 0.5) is 0 Å². The van der Waals surface area contributed by atoms with E-state index in [0.717, 1.165) is 22.3 Å². The van der Waals surface area contributed by atoms with Gasteiger partial charge in [-0.15, -0.1) is 0 Å². The van der Waals surface area contributed by atoms with Crippen LogP contribution in [0.25, 0.3) is 28.0 Å². The van der Waals surface area contributed by atoms with Crippen molar-refractivity contribution in [1.29, 1.82) is 0 Å². The average molecular weight is 409 g/mol. The van der Waals surface area contributed by atoms with Crippen molar-refractivity contribution in [3.63, 3.8) is 0 Å². The molecule has 0 fully saturated rings. The van der Waals surface area contributed by atoms with Gasteiger partial charge < -0.3 is 4.74 Å². The number of para-hydroxylation sites is 2. The summed E-state index contributed by atoms with van der Waals surface area (Å²) in [7, 11) is 1.48. The van der Waals surface area contributed by atoms with Crippen molar-refractivity contribution in [2.45, 2.75) is 6.54 Å². The molecule has 0 saturated carbocycles. The van der Waals surface area contributed by atoms with Gasteiger partial charge in [-0.25, -0.2) is 4.68 Å². The molecule has 0 amide bonds. The maximum atomic E-state index is 13.0. The molecule has 0 unspecified atom stereocenters. The Kier molecular flexibility index (Phi) is 4.76. The number of hydrogen-bond donors (Lipinski definition) is 0. The maximum absolute atomic E-state index is 13.0. The molecule has 3 heterocycles. The van der Waals surface area contributed by atoms with E-state index >= 15 is 0 Å². The fourth-order valence-electron chi connectivity index (χ4n) is 3.53. The van der Waals surface area contributed by atoms with E-state index in [4.69, 9.17) is 9.72 Å². The number of pyridine rings is 1. The Hall–Kier alpha value is -4.26. The van der Waals surface area contributed by atoms with E-state index in [1.165, 1.54) is 7.11 Å². The van der Waals surface area contributed by atoms with Crippen molar-refractivity contribution in [1.82, 2.24) is 24.5 Å². The van der Waals surface area contributed by atoms with Crippen molar-refractivity contribution in [2.24, 2.45) is 0 Å². The van der Waals surface area contributed by atoms with Crippen molar-refractivity contribution >= 4 is 10.9 Å². The minimum absolute atomic E-state index is 0.214. The molecule has 0 spiro atoms. The van der Waals surface area contributed by atoms with Gasteiger partial charge in [0.15, 0.2) is 11.4 Å². The number of fused-ring (bicyclic) bond motifs is 1. The number of benzene rings is 2. The van der Waals surface area contributed by atoms with Crippen LogP contribution < -0.4 is 10.2 Å². The molecule has 5 aromatic rings. The van der Waals surface area contributed by atoms with Gasteiger partial charge in [0.05, 0.1) is 48.6 Å². The lowest BCUT2D eigenvalue weighted by atomic mass is 10.2. The molecule has 152 valence electrons. The number of rotatable bonds is 5. The van der Waals surface area contributed by atoms with Crippen LogP contribution in [0.5, 0.6) is 5.75 Å². The summed E-state index contributed by atoms with van der Waals surface area (Å²) in [6, 6.07) is 23.3. The smallest absolute Gasteiger partial charge is 0.251 e. The molecule has 0 saturated heterocycles. The summed E-state index contributed by atoms with van der Waals surface area (Å²) >= 11 is 0. The second-order valence-corrected chi connectivity index (χ2v) is 7.03. The second kappa shape index (κ2) is 7.87. The van der Waals surface area contributed by atoms with E-state index < -0.39 is 0 Å². The minimum Gasteiger partial charge on any atom is -0.491 e. The molecule has 7 nitrogen and oxygen atoms in total. The fourth-order valence-corrected chi connectivity index (χ4v) is 3.53. The highest BCUT2D eigenvalue weighted by atomic mass is 16.5. The zero-order chi connectivity index (χ0) is 21.2. The van der Waals surface area contributed by atoms with Crippen molar-refractivity contribution in [3.05, 3.63) is 101 Å². The molecule has 0 radical (unpaired) electrons. The van der Waals surface area contributed by atoms with Crippen LogP contribution in [0, 0.1) is 0 Å². The van der Waals surface area contributed by atoms with Gasteiger partial charge in [-0.1, -0.05) is 42.5 Å². The van der Waals surface area contributed by atoms with Gasteiger partial charge >= 0.3 is 0 Å². The third-order valence-electron chi connectivity index (χ3n) is 5.02. The summed E-state index contributed by atoms with van der Waals surface area (Å²) in [5.41, 5.74) is 3.16. The summed E-state index contributed by atoms with van der Waals surface area (Å²) in [6.07, 6.45) is 3.25. The van der Waals surface area contributed by atoms with Crippen molar-refractivity contribution in [3.8, 4) is 22.8 Å². The molecular weight excluding hydrogens is 390 g/mol. The molecule has 0 N–H and O–H groups in total. The fraction of sp³-hybridized carbons (Fsp3) is 0.0833. The predicted octanol–water partition coefficient (Wildman–Crippen LogP) is 3.70. The summed E-state index contributed by atoms with van der Waals surface area (Å²) in [5.74, 6) is 0.214. The van der Waals surface area contributed by atoms with Gasteiger partial charge in [0.1, 0.15) is 0 Å². The molecule has 3 aromatic heterocycles. The lowest BCUT2D eigenvalue weighted by Gasteiger charge is -2.12. The first-order valence-electron chi connectivity index (χ1n) is 9.83. The number of nitrogens with zero attached hydrogens (tertiary/aromatic N) is 5.